The zero-order valence-electron chi connectivity index (χ0n) is 9.70. The number of nitrogens with two attached hydrogens (primary N) is 1. The summed E-state index contributed by atoms with van der Waals surface area (Å²) in [6.07, 6.45) is 0.0162. The van der Waals surface area contributed by atoms with Gasteiger partial charge in [0, 0.05) is 11.9 Å². The first-order valence-electron chi connectivity index (χ1n) is 4.94. The molecular weight excluding hydrogens is 260 g/mol. The molecule has 0 saturated heterocycles. The van der Waals surface area contributed by atoms with Crippen LogP contribution in [0.2, 0.25) is 0 Å². The van der Waals surface area contributed by atoms with E-state index in [0.29, 0.717) is 5.56 Å². The van der Waals surface area contributed by atoms with E-state index in [0.717, 1.165) is 0 Å². The number of carboxylic acids is 1. The average molecular weight is 275 g/mol. The molecule has 0 fully saturated rings. The van der Waals surface area contributed by atoms with E-state index >= 15 is 0 Å². The Morgan fingerprint density at radius 1 is 1.44 bits per heavy atom. The maximum Gasteiger partial charge on any atom is 0.492 e. The lowest BCUT2D eigenvalue weighted by molar-refractivity contribution is -0.142. The average Bonchev–Trinajstić information content (AvgIpc) is 2.20. The van der Waals surface area contributed by atoms with E-state index in [-0.39, 0.29) is 30.0 Å². The van der Waals surface area contributed by atoms with E-state index in [1.165, 1.54) is 25.1 Å². The first kappa shape index (κ1) is 16.7. The lowest BCUT2D eigenvalue weighted by atomic mass is 9.78. The van der Waals surface area contributed by atoms with Crippen LogP contribution in [0.1, 0.15) is 12.5 Å². The summed E-state index contributed by atoms with van der Waals surface area (Å²) in [5.74, 6) is -1.42. The topological polar surface area (TPSA) is 124 Å². The van der Waals surface area contributed by atoms with Crippen molar-refractivity contribution < 1.29 is 25.1 Å². The monoisotopic (exact) mass is 275 g/mol. The molecule has 0 aliphatic carbocycles. The number of hydrogen-bond acceptors (Lipinski definition) is 5. The number of hydrogen-bond donors (Lipinski definition) is 5. The summed E-state index contributed by atoms with van der Waals surface area (Å²) in [5, 5.41) is 36.2. The summed E-state index contributed by atoms with van der Waals surface area (Å²) < 4.78 is 0. The highest BCUT2D eigenvalue weighted by Crippen LogP contribution is 2.14. The van der Waals surface area contributed by atoms with Gasteiger partial charge >= 0.3 is 13.1 Å². The van der Waals surface area contributed by atoms with Crippen LogP contribution in [-0.4, -0.2) is 38.9 Å². The van der Waals surface area contributed by atoms with Crippen LogP contribution in [0.4, 0.5) is 0 Å². The van der Waals surface area contributed by atoms with Crippen molar-refractivity contribution in [3.63, 3.8) is 0 Å². The summed E-state index contributed by atoms with van der Waals surface area (Å²) in [7, 11) is -1.82. The number of phenolic OH excluding ortho intramolecular Hbond substituents is 1. The van der Waals surface area contributed by atoms with E-state index in [4.69, 9.17) is 20.9 Å². The fourth-order valence-corrected chi connectivity index (χ4v) is 1.42. The van der Waals surface area contributed by atoms with Gasteiger partial charge in [0.2, 0.25) is 0 Å². The third-order valence-corrected chi connectivity index (χ3v) is 2.43. The van der Waals surface area contributed by atoms with Crippen molar-refractivity contribution >= 4 is 31.0 Å². The second kappa shape index (κ2) is 6.06. The van der Waals surface area contributed by atoms with Crippen molar-refractivity contribution in [3.05, 3.63) is 23.8 Å². The molecule has 0 bridgehead atoms. The molecule has 0 radical (unpaired) electrons. The van der Waals surface area contributed by atoms with Gasteiger partial charge in [-0.2, -0.15) is 0 Å². The molecule has 0 aliphatic heterocycles. The van der Waals surface area contributed by atoms with Crippen LogP contribution < -0.4 is 11.2 Å². The van der Waals surface area contributed by atoms with Gasteiger partial charge < -0.3 is 26.0 Å². The van der Waals surface area contributed by atoms with Crippen LogP contribution in [0.25, 0.3) is 0 Å². The van der Waals surface area contributed by atoms with Crippen LogP contribution in [0.3, 0.4) is 0 Å². The number of aromatic hydroxyl groups is 1. The lowest BCUT2D eigenvalue weighted by Crippen LogP contribution is -2.47. The zero-order valence-corrected chi connectivity index (χ0v) is 10.5. The van der Waals surface area contributed by atoms with Gasteiger partial charge in [-0.15, -0.1) is 12.4 Å². The van der Waals surface area contributed by atoms with Crippen LogP contribution >= 0.6 is 12.4 Å². The van der Waals surface area contributed by atoms with Crippen LogP contribution in [-0.2, 0) is 11.2 Å². The van der Waals surface area contributed by atoms with Crippen molar-refractivity contribution in [2.24, 2.45) is 5.73 Å². The van der Waals surface area contributed by atoms with Crippen LogP contribution in [0, 0.1) is 0 Å². The minimum absolute atomic E-state index is 0. The molecular formula is C10H15BClNO5. The third-order valence-electron chi connectivity index (χ3n) is 2.43. The molecule has 0 unspecified atom stereocenters. The first-order chi connectivity index (χ1) is 7.74. The van der Waals surface area contributed by atoms with E-state index < -0.39 is 18.6 Å². The number of rotatable bonds is 4. The summed E-state index contributed by atoms with van der Waals surface area (Å²) in [5.41, 5.74) is 4.54. The van der Waals surface area contributed by atoms with Crippen molar-refractivity contribution in [1.82, 2.24) is 0 Å². The summed E-state index contributed by atoms with van der Waals surface area (Å²) in [4.78, 5) is 10.8. The Hall–Kier alpha value is -1.28. The Balaban J connectivity index is 0.00000289. The molecule has 0 spiro atoms. The fourth-order valence-electron chi connectivity index (χ4n) is 1.42. The second-order valence-corrected chi connectivity index (χ2v) is 4.17. The number of carboxylic acid groups (broad SMARTS) is 1. The third kappa shape index (κ3) is 3.88. The molecule has 0 heterocycles. The Bertz CT molecular complexity index is 438. The smallest absolute Gasteiger partial charge is 0.492 e. The Labute approximate surface area is 111 Å². The van der Waals surface area contributed by atoms with Gasteiger partial charge in [-0.25, -0.2) is 0 Å². The number of carbonyl (C=O) groups is 1. The molecule has 0 saturated carbocycles. The highest BCUT2D eigenvalue weighted by Gasteiger charge is 2.28. The summed E-state index contributed by atoms with van der Waals surface area (Å²) >= 11 is 0. The second-order valence-electron chi connectivity index (χ2n) is 4.17. The highest BCUT2D eigenvalue weighted by atomic mass is 35.5. The Morgan fingerprint density at radius 3 is 2.44 bits per heavy atom. The van der Waals surface area contributed by atoms with Gasteiger partial charge in [-0.05, 0) is 18.6 Å². The molecule has 100 valence electrons. The van der Waals surface area contributed by atoms with E-state index in [2.05, 4.69) is 0 Å². The van der Waals surface area contributed by atoms with E-state index in [9.17, 15) is 9.90 Å². The highest BCUT2D eigenvalue weighted by molar-refractivity contribution is 6.59. The summed E-state index contributed by atoms with van der Waals surface area (Å²) in [6.45, 7) is 1.36. The number of halogens is 1. The largest absolute Gasteiger partial charge is 0.508 e. The predicted octanol–water partition coefficient (Wildman–Crippen LogP) is -1.16. The predicted molar refractivity (Wildman–Crippen MR) is 69.1 cm³/mol. The quantitative estimate of drug-likeness (QED) is 0.442. The molecule has 1 atom stereocenters. The van der Waals surface area contributed by atoms with E-state index in [1.807, 2.05) is 0 Å². The molecule has 8 heteroatoms. The van der Waals surface area contributed by atoms with Crippen molar-refractivity contribution in [2.75, 3.05) is 0 Å². The van der Waals surface area contributed by atoms with Crippen LogP contribution in [0.5, 0.6) is 5.75 Å². The molecule has 0 amide bonds. The maximum absolute atomic E-state index is 10.8. The molecule has 18 heavy (non-hydrogen) atoms. The summed E-state index contributed by atoms with van der Waals surface area (Å²) in [6, 6.07) is 4.06. The normalized spacial score (nSPS) is 13.3. The van der Waals surface area contributed by atoms with Gasteiger partial charge in [0.25, 0.3) is 0 Å². The minimum atomic E-state index is -1.82. The van der Waals surface area contributed by atoms with Crippen LogP contribution in [0.15, 0.2) is 18.2 Å². The molecule has 6 N–H and O–H groups in total. The molecule has 1 aromatic rings. The first-order valence-corrected chi connectivity index (χ1v) is 4.94. The SMILES string of the molecule is C[C@](N)(Cc1ccc(O)c(B(O)O)c1)C(=O)O.Cl. The molecule has 0 aromatic heterocycles. The number of phenols is 1. The van der Waals surface area contributed by atoms with Gasteiger partial charge in [0.15, 0.2) is 0 Å². The number of benzene rings is 1. The standard InChI is InChI=1S/C10H14BNO5.ClH/c1-10(12,9(14)15)5-6-2-3-8(13)7(4-6)11(16)17;/h2-4,13,16-17H,5,12H2,1H3,(H,14,15);1H/t10-;/m0./s1. The maximum atomic E-state index is 10.8. The Morgan fingerprint density at radius 2 is 2.00 bits per heavy atom. The fraction of sp³-hybridized carbons (Fsp3) is 0.300. The van der Waals surface area contributed by atoms with Gasteiger partial charge in [0.1, 0.15) is 11.3 Å². The lowest BCUT2D eigenvalue weighted by Gasteiger charge is -2.19. The minimum Gasteiger partial charge on any atom is -0.508 e. The van der Waals surface area contributed by atoms with E-state index in [1.54, 1.807) is 0 Å². The van der Waals surface area contributed by atoms with Gasteiger partial charge in [0.05, 0.1) is 0 Å². The molecule has 1 aromatic carbocycles. The Kier molecular flexibility index (Phi) is 5.63. The van der Waals surface area contributed by atoms with Crippen molar-refractivity contribution in [2.45, 2.75) is 18.9 Å². The number of aliphatic carboxylic acids is 1. The zero-order chi connectivity index (χ0) is 13.2. The van der Waals surface area contributed by atoms with Gasteiger partial charge in [-0.3, -0.25) is 4.79 Å². The van der Waals surface area contributed by atoms with Crippen molar-refractivity contribution in [1.29, 1.82) is 0 Å². The van der Waals surface area contributed by atoms with Crippen molar-refractivity contribution in [3.8, 4) is 5.75 Å². The molecule has 1 rings (SSSR count). The molecule has 0 aliphatic rings. The van der Waals surface area contributed by atoms with Gasteiger partial charge in [-0.1, -0.05) is 12.1 Å². The molecule has 6 nitrogen and oxygen atoms in total.